The molecule has 0 saturated carbocycles. The number of H-pyrrole nitrogens is 1. The van der Waals surface area contributed by atoms with Crippen molar-refractivity contribution in [3.63, 3.8) is 0 Å². The summed E-state index contributed by atoms with van der Waals surface area (Å²) in [4.78, 5) is 12.5. The highest BCUT2D eigenvalue weighted by molar-refractivity contribution is 5.94. The van der Waals surface area contributed by atoms with Crippen LogP contribution in [0, 0.1) is 0 Å². The van der Waals surface area contributed by atoms with E-state index >= 15 is 0 Å². The Kier molecular flexibility index (Phi) is 7.12. The molecule has 0 bridgehead atoms. The van der Waals surface area contributed by atoms with Gasteiger partial charge in [0.15, 0.2) is 0 Å². The second kappa shape index (κ2) is 10.8. The van der Waals surface area contributed by atoms with Gasteiger partial charge < -0.3 is 9.47 Å². The molecular formula is C26H24N4O3. The van der Waals surface area contributed by atoms with Crippen LogP contribution in [0.5, 0.6) is 11.5 Å². The highest BCUT2D eigenvalue weighted by Crippen LogP contribution is 2.21. The van der Waals surface area contributed by atoms with Crippen LogP contribution in [0.15, 0.2) is 90.0 Å². The molecule has 0 aliphatic rings. The van der Waals surface area contributed by atoms with E-state index in [2.05, 4.69) is 20.7 Å². The number of rotatable bonds is 9. The number of hydrazone groups is 1. The molecule has 0 fully saturated rings. The van der Waals surface area contributed by atoms with Gasteiger partial charge in [-0.05, 0) is 55.0 Å². The average Bonchev–Trinajstić information content (AvgIpc) is 3.35. The van der Waals surface area contributed by atoms with Crippen molar-refractivity contribution in [2.75, 3.05) is 6.61 Å². The van der Waals surface area contributed by atoms with Gasteiger partial charge in [0.1, 0.15) is 23.8 Å². The maximum atomic E-state index is 12.5. The zero-order valence-electron chi connectivity index (χ0n) is 18.2. The maximum absolute atomic E-state index is 12.5. The summed E-state index contributed by atoms with van der Waals surface area (Å²) >= 11 is 0. The topological polar surface area (TPSA) is 88.6 Å². The second-order valence-corrected chi connectivity index (χ2v) is 7.14. The zero-order chi connectivity index (χ0) is 22.9. The minimum absolute atomic E-state index is 0.310. The predicted octanol–water partition coefficient (Wildman–Crippen LogP) is 4.82. The fraction of sp³-hybridized carbons (Fsp3) is 0.115. The van der Waals surface area contributed by atoms with Crippen molar-refractivity contribution in [1.82, 2.24) is 15.6 Å². The third kappa shape index (κ3) is 5.86. The Morgan fingerprint density at radius 2 is 1.76 bits per heavy atom. The van der Waals surface area contributed by atoms with Crippen molar-refractivity contribution in [2.45, 2.75) is 13.5 Å². The minimum Gasteiger partial charge on any atom is -0.494 e. The third-order valence-electron chi connectivity index (χ3n) is 4.81. The highest BCUT2D eigenvalue weighted by atomic mass is 16.5. The Balaban J connectivity index is 1.37. The Morgan fingerprint density at radius 1 is 1.00 bits per heavy atom. The maximum Gasteiger partial charge on any atom is 0.289 e. The molecule has 0 radical (unpaired) electrons. The number of hydrogen-bond donors (Lipinski definition) is 2. The van der Waals surface area contributed by atoms with Crippen LogP contribution in [0.2, 0.25) is 0 Å². The van der Waals surface area contributed by atoms with Gasteiger partial charge in [-0.1, -0.05) is 42.5 Å². The average molecular weight is 441 g/mol. The number of nitrogens with one attached hydrogen (secondary N) is 2. The molecule has 33 heavy (non-hydrogen) atoms. The molecule has 0 spiro atoms. The van der Waals surface area contributed by atoms with E-state index in [9.17, 15) is 4.79 Å². The van der Waals surface area contributed by atoms with Crippen LogP contribution in [-0.4, -0.2) is 28.9 Å². The number of nitrogens with zero attached hydrogens (tertiary/aromatic N) is 2. The molecule has 0 aliphatic carbocycles. The first-order valence-corrected chi connectivity index (χ1v) is 10.6. The summed E-state index contributed by atoms with van der Waals surface area (Å²) in [6, 6.07) is 26.6. The molecular weight excluding hydrogens is 416 g/mol. The van der Waals surface area contributed by atoms with Crippen molar-refractivity contribution >= 4 is 12.1 Å². The summed E-state index contributed by atoms with van der Waals surface area (Å²) < 4.78 is 11.4. The van der Waals surface area contributed by atoms with Gasteiger partial charge in [0.05, 0.1) is 18.5 Å². The van der Waals surface area contributed by atoms with Crippen molar-refractivity contribution in [3.05, 3.63) is 102 Å². The van der Waals surface area contributed by atoms with Crippen LogP contribution in [-0.2, 0) is 6.61 Å². The minimum atomic E-state index is -0.390. The fourth-order valence-electron chi connectivity index (χ4n) is 3.15. The van der Waals surface area contributed by atoms with Gasteiger partial charge in [-0.15, -0.1) is 0 Å². The van der Waals surface area contributed by atoms with E-state index < -0.39 is 5.91 Å². The Labute approximate surface area is 192 Å². The van der Waals surface area contributed by atoms with Crippen LogP contribution in [0.25, 0.3) is 11.3 Å². The van der Waals surface area contributed by atoms with Crippen LogP contribution >= 0.6 is 0 Å². The molecule has 7 nitrogen and oxygen atoms in total. The highest BCUT2D eigenvalue weighted by Gasteiger charge is 2.11. The van der Waals surface area contributed by atoms with E-state index in [-0.39, 0.29) is 0 Å². The monoisotopic (exact) mass is 440 g/mol. The summed E-state index contributed by atoms with van der Waals surface area (Å²) in [5, 5.41) is 11.0. The summed E-state index contributed by atoms with van der Waals surface area (Å²) in [5.41, 5.74) is 6.20. The lowest BCUT2D eigenvalue weighted by molar-refractivity contribution is 0.0950. The molecule has 1 heterocycles. The molecule has 0 atom stereocenters. The van der Waals surface area contributed by atoms with Crippen LogP contribution in [0.3, 0.4) is 0 Å². The first-order valence-electron chi connectivity index (χ1n) is 10.6. The van der Waals surface area contributed by atoms with Gasteiger partial charge in [-0.2, -0.15) is 10.2 Å². The van der Waals surface area contributed by atoms with Crippen LogP contribution in [0.4, 0.5) is 0 Å². The smallest absolute Gasteiger partial charge is 0.289 e. The largest absolute Gasteiger partial charge is 0.494 e. The molecule has 7 heteroatoms. The second-order valence-electron chi connectivity index (χ2n) is 7.14. The Hall–Kier alpha value is -4.39. The molecule has 1 amide bonds. The van der Waals surface area contributed by atoms with E-state index in [4.69, 9.17) is 9.47 Å². The van der Waals surface area contributed by atoms with E-state index in [1.807, 2.05) is 85.8 Å². The fourth-order valence-corrected chi connectivity index (χ4v) is 3.15. The van der Waals surface area contributed by atoms with Crippen molar-refractivity contribution in [1.29, 1.82) is 0 Å². The van der Waals surface area contributed by atoms with Crippen molar-refractivity contribution < 1.29 is 14.3 Å². The normalized spacial score (nSPS) is 10.8. The van der Waals surface area contributed by atoms with E-state index in [1.54, 1.807) is 12.3 Å². The van der Waals surface area contributed by atoms with Gasteiger partial charge in [0.2, 0.25) is 0 Å². The summed E-state index contributed by atoms with van der Waals surface area (Å²) in [6.07, 6.45) is 1.56. The van der Waals surface area contributed by atoms with Crippen molar-refractivity contribution in [3.8, 4) is 22.8 Å². The van der Waals surface area contributed by atoms with Gasteiger partial charge >= 0.3 is 0 Å². The van der Waals surface area contributed by atoms with Gasteiger partial charge in [-0.25, -0.2) is 5.43 Å². The number of ether oxygens (including phenoxy) is 2. The van der Waals surface area contributed by atoms with Crippen LogP contribution in [0.1, 0.15) is 28.5 Å². The third-order valence-corrected chi connectivity index (χ3v) is 4.81. The molecule has 3 aromatic carbocycles. The molecule has 2 N–H and O–H groups in total. The lowest BCUT2D eigenvalue weighted by atomic mass is 10.1. The van der Waals surface area contributed by atoms with Gasteiger partial charge in [0.25, 0.3) is 5.91 Å². The zero-order valence-corrected chi connectivity index (χ0v) is 18.2. The lowest BCUT2D eigenvalue weighted by Gasteiger charge is -2.08. The van der Waals surface area contributed by atoms with Gasteiger partial charge in [-0.3, -0.25) is 9.89 Å². The Morgan fingerprint density at radius 3 is 2.55 bits per heavy atom. The van der Waals surface area contributed by atoms with Crippen molar-refractivity contribution in [2.24, 2.45) is 5.10 Å². The standard InChI is InChI=1S/C26H24N4O3/c1-2-32-22-14-12-20(13-15-22)23-16-24(29-28-23)26(31)30-27-17-21-10-6-7-11-25(21)33-18-19-8-4-3-5-9-19/h3-17H,2,18H2,1H3,(H,28,29)(H,30,31). The van der Waals surface area contributed by atoms with Crippen LogP contribution < -0.4 is 14.9 Å². The summed E-state index contributed by atoms with van der Waals surface area (Å²) in [5.74, 6) is 1.08. The SMILES string of the molecule is CCOc1ccc(-c2cc(C(=O)NN=Cc3ccccc3OCc3ccccc3)[nH]n2)cc1. The number of carbonyl (C=O) groups excluding carboxylic acids is 1. The predicted molar refractivity (Wildman–Crippen MR) is 127 cm³/mol. The number of benzene rings is 3. The first-order chi connectivity index (χ1) is 16.2. The molecule has 4 aromatic rings. The molecule has 0 unspecified atom stereocenters. The quantitative estimate of drug-likeness (QED) is 0.289. The number of amides is 1. The summed E-state index contributed by atoms with van der Waals surface area (Å²) in [6.45, 7) is 2.99. The molecule has 1 aromatic heterocycles. The van der Waals surface area contributed by atoms with E-state index in [0.717, 1.165) is 22.4 Å². The first kappa shape index (κ1) is 21.8. The molecule has 0 saturated heterocycles. The number of carbonyl (C=O) groups is 1. The van der Waals surface area contributed by atoms with E-state index in [0.29, 0.717) is 30.4 Å². The summed E-state index contributed by atoms with van der Waals surface area (Å²) in [7, 11) is 0. The number of aromatic nitrogens is 2. The molecule has 0 aliphatic heterocycles. The van der Waals surface area contributed by atoms with E-state index in [1.165, 1.54) is 0 Å². The number of para-hydroxylation sites is 1. The molecule has 4 rings (SSSR count). The molecule has 166 valence electrons. The Bertz CT molecular complexity index is 1220. The van der Waals surface area contributed by atoms with Gasteiger partial charge in [0, 0.05) is 11.1 Å². The number of aromatic amines is 1. The number of hydrogen-bond acceptors (Lipinski definition) is 5. The lowest BCUT2D eigenvalue weighted by Crippen LogP contribution is -2.18.